The molecule has 1 aromatic heterocycles. The molecule has 0 aliphatic rings. The summed E-state index contributed by atoms with van der Waals surface area (Å²) in [6.07, 6.45) is 1.71. The number of furan rings is 1. The fourth-order valence-corrected chi connectivity index (χ4v) is 2.90. The van der Waals surface area contributed by atoms with Crippen molar-refractivity contribution in [3.8, 4) is 17.1 Å². The summed E-state index contributed by atoms with van der Waals surface area (Å²) in [4.78, 5) is 4.42. The lowest BCUT2D eigenvalue weighted by Crippen LogP contribution is -1.81. The van der Waals surface area contributed by atoms with Crippen LogP contribution in [-0.2, 0) is 0 Å². The van der Waals surface area contributed by atoms with E-state index in [-0.39, 0.29) is 0 Å². The van der Waals surface area contributed by atoms with Crippen molar-refractivity contribution in [2.75, 3.05) is 7.11 Å². The van der Waals surface area contributed by atoms with E-state index in [1.54, 1.807) is 13.3 Å². The van der Waals surface area contributed by atoms with Crippen LogP contribution in [0, 0.1) is 6.92 Å². The van der Waals surface area contributed by atoms with E-state index in [1.807, 2.05) is 42.5 Å². The molecule has 0 spiro atoms. The van der Waals surface area contributed by atoms with E-state index in [0.29, 0.717) is 5.76 Å². The van der Waals surface area contributed by atoms with E-state index in [2.05, 4.69) is 40.0 Å². The Morgan fingerprint density at radius 3 is 2.74 bits per heavy atom. The molecule has 0 aliphatic carbocycles. The van der Waals surface area contributed by atoms with Gasteiger partial charge in [-0.1, -0.05) is 28.1 Å². The second-order valence-corrected chi connectivity index (χ2v) is 6.00. The van der Waals surface area contributed by atoms with Crippen LogP contribution in [0.25, 0.3) is 11.3 Å². The Morgan fingerprint density at radius 1 is 1.09 bits per heavy atom. The topological polar surface area (TPSA) is 34.7 Å². The summed E-state index contributed by atoms with van der Waals surface area (Å²) < 4.78 is 12.1. The van der Waals surface area contributed by atoms with Gasteiger partial charge in [-0.2, -0.15) is 0 Å². The summed E-state index contributed by atoms with van der Waals surface area (Å²) in [6, 6.07) is 17.6. The lowest BCUT2D eigenvalue weighted by Gasteiger charge is -2.02. The Balaban J connectivity index is 1.83. The molecule has 0 aliphatic heterocycles. The number of benzene rings is 2. The van der Waals surface area contributed by atoms with Crippen LogP contribution in [0.1, 0.15) is 11.3 Å². The van der Waals surface area contributed by atoms with Crippen molar-refractivity contribution >= 4 is 27.8 Å². The van der Waals surface area contributed by atoms with Crippen LogP contribution in [0.3, 0.4) is 0 Å². The molecule has 0 N–H and O–H groups in total. The van der Waals surface area contributed by atoms with Gasteiger partial charge < -0.3 is 9.15 Å². The SMILES string of the molecule is COc1cccc(N=Cc2ccc(-c3ccc(C)cc3Br)o2)c1. The zero-order valence-electron chi connectivity index (χ0n) is 12.9. The number of aryl methyl sites for hydroxylation is 1. The highest BCUT2D eigenvalue weighted by Crippen LogP contribution is 2.30. The Bertz CT molecular complexity index is 852. The molecule has 1 heterocycles. The minimum atomic E-state index is 0.704. The first-order chi connectivity index (χ1) is 11.2. The van der Waals surface area contributed by atoms with Crippen LogP contribution >= 0.6 is 15.9 Å². The molecule has 3 aromatic rings. The molecule has 0 saturated carbocycles. The summed E-state index contributed by atoms with van der Waals surface area (Å²) in [5.41, 5.74) is 3.04. The lowest BCUT2D eigenvalue weighted by atomic mass is 10.1. The van der Waals surface area contributed by atoms with Crippen LogP contribution in [0.4, 0.5) is 5.69 Å². The summed E-state index contributed by atoms with van der Waals surface area (Å²) in [6.45, 7) is 2.06. The van der Waals surface area contributed by atoms with E-state index < -0.39 is 0 Å². The third-order valence-electron chi connectivity index (χ3n) is 3.41. The van der Waals surface area contributed by atoms with Crippen molar-refractivity contribution in [3.05, 3.63) is 70.4 Å². The normalized spacial score (nSPS) is 11.1. The van der Waals surface area contributed by atoms with E-state index in [0.717, 1.165) is 27.2 Å². The quantitative estimate of drug-likeness (QED) is 0.546. The molecule has 0 radical (unpaired) electrons. The third-order valence-corrected chi connectivity index (χ3v) is 4.07. The molecule has 2 aromatic carbocycles. The maximum atomic E-state index is 5.86. The molecule has 0 saturated heterocycles. The number of halogens is 1. The van der Waals surface area contributed by atoms with Gasteiger partial charge in [-0.05, 0) is 48.9 Å². The van der Waals surface area contributed by atoms with E-state index in [4.69, 9.17) is 9.15 Å². The van der Waals surface area contributed by atoms with Crippen molar-refractivity contribution in [1.29, 1.82) is 0 Å². The zero-order chi connectivity index (χ0) is 16.2. The van der Waals surface area contributed by atoms with Gasteiger partial charge in [-0.25, -0.2) is 0 Å². The number of nitrogens with zero attached hydrogens (tertiary/aromatic N) is 1. The molecular weight excluding hydrogens is 354 g/mol. The van der Waals surface area contributed by atoms with Crippen molar-refractivity contribution in [2.24, 2.45) is 4.99 Å². The van der Waals surface area contributed by atoms with Gasteiger partial charge in [-0.15, -0.1) is 0 Å². The van der Waals surface area contributed by atoms with Crippen LogP contribution in [0.5, 0.6) is 5.75 Å². The molecule has 0 amide bonds. The van der Waals surface area contributed by atoms with Gasteiger partial charge in [0.05, 0.1) is 19.0 Å². The van der Waals surface area contributed by atoms with Gasteiger partial charge in [0.2, 0.25) is 0 Å². The molecule has 116 valence electrons. The molecule has 23 heavy (non-hydrogen) atoms. The molecule has 3 nitrogen and oxygen atoms in total. The number of ether oxygens (including phenoxy) is 1. The van der Waals surface area contributed by atoms with Gasteiger partial charge in [0.1, 0.15) is 17.3 Å². The Morgan fingerprint density at radius 2 is 1.96 bits per heavy atom. The molecule has 0 atom stereocenters. The maximum Gasteiger partial charge on any atom is 0.145 e. The molecule has 3 rings (SSSR count). The first-order valence-corrected chi connectivity index (χ1v) is 7.99. The highest BCUT2D eigenvalue weighted by atomic mass is 79.9. The highest BCUT2D eigenvalue weighted by molar-refractivity contribution is 9.10. The van der Waals surface area contributed by atoms with Gasteiger partial charge in [0, 0.05) is 16.1 Å². The number of aliphatic imine (C=N–C) groups is 1. The summed E-state index contributed by atoms with van der Waals surface area (Å²) in [7, 11) is 1.64. The summed E-state index contributed by atoms with van der Waals surface area (Å²) in [5, 5.41) is 0. The molecular formula is C19H16BrNO2. The van der Waals surface area contributed by atoms with Crippen LogP contribution in [0.2, 0.25) is 0 Å². The number of methoxy groups -OCH3 is 1. The predicted molar refractivity (Wildman–Crippen MR) is 96.8 cm³/mol. The van der Waals surface area contributed by atoms with E-state index >= 15 is 0 Å². The summed E-state index contributed by atoms with van der Waals surface area (Å²) >= 11 is 3.58. The first-order valence-electron chi connectivity index (χ1n) is 7.20. The Hall–Kier alpha value is -2.33. The fraction of sp³-hybridized carbons (Fsp3) is 0.105. The van der Waals surface area contributed by atoms with Crippen molar-refractivity contribution < 1.29 is 9.15 Å². The average Bonchev–Trinajstić information content (AvgIpc) is 3.02. The van der Waals surface area contributed by atoms with Gasteiger partial charge in [0.15, 0.2) is 0 Å². The van der Waals surface area contributed by atoms with Crippen molar-refractivity contribution in [3.63, 3.8) is 0 Å². The zero-order valence-corrected chi connectivity index (χ0v) is 14.5. The van der Waals surface area contributed by atoms with Crippen molar-refractivity contribution in [2.45, 2.75) is 6.92 Å². The molecule has 4 heteroatoms. The molecule has 0 fully saturated rings. The second-order valence-electron chi connectivity index (χ2n) is 5.14. The molecule has 0 unspecified atom stereocenters. The Labute approximate surface area is 143 Å². The first kappa shape index (κ1) is 15.6. The minimum Gasteiger partial charge on any atom is -0.497 e. The second kappa shape index (κ2) is 6.84. The Kier molecular flexibility index (Phi) is 4.63. The number of hydrogen-bond donors (Lipinski definition) is 0. The minimum absolute atomic E-state index is 0.704. The van der Waals surface area contributed by atoms with E-state index in [1.165, 1.54) is 5.56 Å². The molecule has 0 bridgehead atoms. The third kappa shape index (κ3) is 3.71. The van der Waals surface area contributed by atoms with Crippen LogP contribution in [0.15, 0.2) is 68.5 Å². The number of rotatable bonds is 4. The fourth-order valence-electron chi connectivity index (χ4n) is 2.22. The largest absolute Gasteiger partial charge is 0.497 e. The van der Waals surface area contributed by atoms with Crippen LogP contribution in [-0.4, -0.2) is 13.3 Å². The van der Waals surface area contributed by atoms with Gasteiger partial charge in [0.25, 0.3) is 0 Å². The maximum absolute atomic E-state index is 5.86. The summed E-state index contributed by atoms with van der Waals surface area (Å²) in [5.74, 6) is 2.29. The smallest absolute Gasteiger partial charge is 0.145 e. The van der Waals surface area contributed by atoms with Crippen LogP contribution < -0.4 is 4.74 Å². The highest BCUT2D eigenvalue weighted by Gasteiger charge is 2.07. The standard InChI is InChI=1S/C19H16BrNO2/c1-13-6-8-17(18(20)10-13)19-9-7-16(23-19)12-21-14-4-3-5-15(11-14)22-2/h3-12H,1-2H3. The van der Waals surface area contributed by atoms with Gasteiger partial charge in [-0.3, -0.25) is 4.99 Å². The van der Waals surface area contributed by atoms with Gasteiger partial charge >= 0.3 is 0 Å². The lowest BCUT2D eigenvalue weighted by molar-refractivity contribution is 0.415. The van der Waals surface area contributed by atoms with E-state index in [9.17, 15) is 0 Å². The monoisotopic (exact) mass is 369 g/mol. The average molecular weight is 370 g/mol. The predicted octanol–water partition coefficient (Wildman–Crippen LogP) is 5.78. The number of hydrogen-bond acceptors (Lipinski definition) is 3. The van der Waals surface area contributed by atoms with Crippen molar-refractivity contribution in [1.82, 2.24) is 0 Å².